The van der Waals surface area contributed by atoms with Crippen LogP contribution >= 0.6 is 0 Å². The number of hydrogen-bond donors (Lipinski definition) is 2. The number of hydrogen-bond acceptors (Lipinski definition) is 5. The predicted molar refractivity (Wildman–Crippen MR) is 117 cm³/mol. The van der Waals surface area contributed by atoms with Gasteiger partial charge in [0.05, 0.1) is 5.56 Å². The van der Waals surface area contributed by atoms with E-state index >= 15 is 0 Å². The maximum absolute atomic E-state index is 12.7. The summed E-state index contributed by atoms with van der Waals surface area (Å²) in [5.41, 5.74) is 1.97. The van der Waals surface area contributed by atoms with Crippen molar-refractivity contribution in [3.05, 3.63) is 54.9 Å². The van der Waals surface area contributed by atoms with Crippen LogP contribution in [-0.4, -0.2) is 56.4 Å². The van der Waals surface area contributed by atoms with Gasteiger partial charge in [-0.2, -0.15) is 0 Å². The molecule has 1 aromatic rings. The van der Waals surface area contributed by atoms with Crippen LogP contribution in [0.1, 0.15) is 47.4 Å². The topological polar surface area (TPSA) is 64.7 Å². The Morgan fingerprint density at radius 1 is 1.32 bits per heavy atom. The molecular weight excluding hydrogens is 352 g/mol. The summed E-state index contributed by atoms with van der Waals surface area (Å²) in [4.78, 5) is 28.1. The zero-order valence-electron chi connectivity index (χ0n) is 17.4. The Hall–Kier alpha value is -2.60. The van der Waals surface area contributed by atoms with Gasteiger partial charge in [0.25, 0.3) is 5.91 Å². The molecule has 154 valence electrons. The predicted octanol–water partition coefficient (Wildman–Crippen LogP) is 3.03. The van der Waals surface area contributed by atoms with E-state index in [0.29, 0.717) is 11.1 Å². The summed E-state index contributed by atoms with van der Waals surface area (Å²) < 4.78 is 0. The second-order valence-electron chi connectivity index (χ2n) is 6.76. The Morgan fingerprint density at radius 2 is 1.96 bits per heavy atom. The highest BCUT2D eigenvalue weighted by Gasteiger charge is 2.21. The highest BCUT2D eigenvalue weighted by atomic mass is 16.2. The Balaban J connectivity index is 0.000000696. The maximum Gasteiger partial charge on any atom is 0.254 e. The van der Waals surface area contributed by atoms with Crippen LogP contribution in [0.2, 0.25) is 0 Å². The van der Waals surface area contributed by atoms with Crippen LogP contribution in [0.15, 0.2) is 43.8 Å². The van der Waals surface area contributed by atoms with Gasteiger partial charge in [0.2, 0.25) is 0 Å². The van der Waals surface area contributed by atoms with Crippen LogP contribution in [0.4, 0.5) is 5.69 Å². The third-order valence-electron chi connectivity index (χ3n) is 4.80. The average Bonchev–Trinajstić information content (AvgIpc) is 2.74. The molecule has 0 aromatic heterocycles. The number of carbonyl (C=O) groups is 2. The molecule has 1 saturated heterocycles. The number of amides is 1. The minimum Gasteiger partial charge on any atom is -0.369 e. The fourth-order valence-corrected chi connectivity index (χ4v) is 3.05. The van der Waals surface area contributed by atoms with E-state index in [1.807, 2.05) is 26.1 Å². The van der Waals surface area contributed by atoms with Crippen molar-refractivity contribution in [1.29, 1.82) is 0 Å². The van der Waals surface area contributed by atoms with E-state index in [9.17, 15) is 9.59 Å². The summed E-state index contributed by atoms with van der Waals surface area (Å²) in [6, 6.07) is 5.74. The largest absolute Gasteiger partial charge is 0.369 e. The van der Waals surface area contributed by atoms with Crippen LogP contribution in [0.25, 0.3) is 0 Å². The molecule has 0 spiro atoms. The van der Waals surface area contributed by atoms with Crippen LogP contribution in [-0.2, 0) is 0 Å². The van der Waals surface area contributed by atoms with Crippen LogP contribution in [0.3, 0.4) is 0 Å². The Kier molecular flexibility index (Phi) is 10.7. The quantitative estimate of drug-likeness (QED) is 0.673. The standard InChI is InChI=1S/C18H27N3O2.C4H7N/c1-4-5-14(2)20(3)18(23)17-7-6-16(12-15(17)13-22)21-10-8-19-9-11-21;1-3-5-4-2/h6-7,12-14,19H,4-5,8-11H2,1-3H3;3-5H,1-2H2. The molecule has 0 saturated carbocycles. The number of nitrogens with one attached hydrogen (secondary N) is 2. The molecular formula is C22H34N4O2. The van der Waals surface area contributed by atoms with Crippen molar-refractivity contribution in [2.24, 2.45) is 0 Å². The molecule has 0 bridgehead atoms. The fraction of sp³-hybridized carbons (Fsp3) is 0.455. The first-order valence-electron chi connectivity index (χ1n) is 9.80. The maximum atomic E-state index is 12.7. The minimum atomic E-state index is -0.0834. The van der Waals surface area contributed by atoms with Crippen molar-refractivity contribution in [2.75, 3.05) is 38.1 Å². The van der Waals surface area contributed by atoms with Gasteiger partial charge in [-0.25, -0.2) is 0 Å². The zero-order chi connectivity index (χ0) is 20.9. The zero-order valence-corrected chi connectivity index (χ0v) is 17.4. The monoisotopic (exact) mass is 386 g/mol. The Bertz CT molecular complexity index is 648. The molecule has 28 heavy (non-hydrogen) atoms. The summed E-state index contributed by atoms with van der Waals surface area (Å²) in [5, 5.41) is 5.95. The van der Waals surface area contributed by atoms with Crippen molar-refractivity contribution in [1.82, 2.24) is 15.5 Å². The minimum absolute atomic E-state index is 0.0834. The van der Waals surface area contributed by atoms with Gasteiger partial charge in [-0.15, -0.1) is 0 Å². The van der Waals surface area contributed by atoms with Gasteiger partial charge in [-0.1, -0.05) is 26.5 Å². The number of benzene rings is 1. The number of piperazine rings is 1. The van der Waals surface area contributed by atoms with E-state index in [0.717, 1.165) is 51.0 Å². The molecule has 1 amide bonds. The molecule has 1 fully saturated rings. The third kappa shape index (κ3) is 6.85. The summed E-state index contributed by atoms with van der Waals surface area (Å²) in [6.07, 6.45) is 5.90. The molecule has 2 N–H and O–H groups in total. The van der Waals surface area contributed by atoms with E-state index < -0.39 is 0 Å². The van der Waals surface area contributed by atoms with Gasteiger partial charge < -0.3 is 20.4 Å². The van der Waals surface area contributed by atoms with Crippen molar-refractivity contribution >= 4 is 17.9 Å². The highest BCUT2D eigenvalue weighted by Crippen LogP contribution is 2.21. The van der Waals surface area contributed by atoms with E-state index in [1.165, 1.54) is 0 Å². The van der Waals surface area contributed by atoms with Gasteiger partial charge in [0, 0.05) is 50.5 Å². The highest BCUT2D eigenvalue weighted by molar-refractivity contribution is 6.02. The van der Waals surface area contributed by atoms with Crippen molar-refractivity contribution in [3.63, 3.8) is 0 Å². The summed E-state index contributed by atoms with van der Waals surface area (Å²) in [7, 11) is 1.81. The SMILES string of the molecule is C=CNC=C.CCCC(C)N(C)C(=O)c1ccc(N2CCNCC2)cc1C=O. The van der Waals surface area contributed by atoms with Gasteiger partial charge in [-0.3, -0.25) is 9.59 Å². The average molecular weight is 387 g/mol. The smallest absolute Gasteiger partial charge is 0.254 e. The van der Waals surface area contributed by atoms with E-state index in [-0.39, 0.29) is 11.9 Å². The number of carbonyl (C=O) groups excluding carboxylic acids is 2. The molecule has 1 unspecified atom stereocenters. The van der Waals surface area contributed by atoms with E-state index in [4.69, 9.17) is 0 Å². The van der Waals surface area contributed by atoms with Crippen LogP contribution < -0.4 is 15.5 Å². The number of nitrogens with zero attached hydrogens (tertiary/aromatic N) is 2. The lowest BCUT2D eigenvalue weighted by atomic mass is 10.0. The van der Waals surface area contributed by atoms with Gasteiger partial charge in [0.1, 0.15) is 0 Å². The summed E-state index contributed by atoms with van der Waals surface area (Å²) in [5.74, 6) is -0.0834. The fourth-order valence-electron chi connectivity index (χ4n) is 3.05. The van der Waals surface area contributed by atoms with Gasteiger partial charge in [0.15, 0.2) is 6.29 Å². The van der Waals surface area contributed by atoms with Crippen LogP contribution in [0.5, 0.6) is 0 Å². The first kappa shape index (κ1) is 23.4. The second-order valence-corrected chi connectivity index (χ2v) is 6.76. The van der Waals surface area contributed by atoms with Crippen molar-refractivity contribution in [2.45, 2.75) is 32.7 Å². The molecule has 6 heteroatoms. The number of aldehydes is 1. The lowest BCUT2D eigenvalue weighted by Gasteiger charge is -2.30. The summed E-state index contributed by atoms with van der Waals surface area (Å²) >= 11 is 0. The summed E-state index contributed by atoms with van der Waals surface area (Å²) in [6.45, 7) is 14.6. The van der Waals surface area contributed by atoms with Crippen molar-refractivity contribution < 1.29 is 9.59 Å². The number of rotatable bonds is 8. The molecule has 0 aliphatic carbocycles. The molecule has 0 radical (unpaired) electrons. The first-order chi connectivity index (χ1) is 13.5. The number of anilines is 1. The van der Waals surface area contributed by atoms with Crippen molar-refractivity contribution in [3.8, 4) is 0 Å². The van der Waals surface area contributed by atoms with E-state index in [2.05, 4.69) is 35.6 Å². The molecule has 6 nitrogen and oxygen atoms in total. The molecule has 2 rings (SSSR count). The Morgan fingerprint density at radius 3 is 2.46 bits per heavy atom. The molecule has 1 aromatic carbocycles. The molecule has 1 aliphatic heterocycles. The van der Waals surface area contributed by atoms with Gasteiger partial charge in [-0.05, 0) is 43.9 Å². The molecule has 1 aliphatic rings. The Labute approximate surface area is 169 Å². The second kappa shape index (κ2) is 12.7. The van der Waals surface area contributed by atoms with Gasteiger partial charge >= 0.3 is 0 Å². The normalized spacial score (nSPS) is 14.2. The lowest BCUT2D eigenvalue weighted by molar-refractivity contribution is 0.0734. The van der Waals surface area contributed by atoms with E-state index in [1.54, 1.807) is 23.4 Å². The molecule has 1 atom stereocenters. The molecule has 1 heterocycles. The lowest BCUT2D eigenvalue weighted by Crippen LogP contribution is -2.43. The third-order valence-corrected chi connectivity index (χ3v) is 4.80. The first-order valence-corrected chi connectivity index (χ1v) is 9.80. The van der Waals surface area contributed by atoms with Crippen LogP contribution in [0, 0.1) is 0 Å².